The molecule has 0 aromatic rings. The largest absolute Gasteiger partial charge is 0.462 e. The molecule has 150 valence electrons. The summed E-state index contributed by atoms with van der Waals surface area (Å²) < 4.78 is 5.14. The number of esters is 1. The molecule has 0 aromatic carbocycles. The number of urea groups is 1. The molecule has 1 saturated carbocycles. The maximum Gasteiger partial charge on any atom is 0.326 e. The van der Waals surface area contributed by atoms with E-state index in [0.29, 0.717) is 38.3 Å². The Hall–Kier alpha value is -2.12. The normalized spacial score (nSPS) is 30.2. The molecule has 4 amide bonds. The average Bonchev–Trinajstić information content (AvgIpc) is 3.02. The van der Waals surface area contributed by atoms with Gasteiger partial charge in [-0.3, -0.25) is 19.3 Å². The van der Waals surface area contributed by atoms with E-state index in [2.05, 4.69) is 26.1 Å². The van der Waals surface area contributed by atoms with Crippen LogP contribution in [0, 0.1) is 11.3 Å². The van der Waals surface area contributed by atoms with E-state index < -0.39 is 24.1 Å². The van der Waals surface area contributed by atoms with Gasteiger partial charge in [0.1, 0.15) is 18.7 Å². The van der Waals surface area contributed by atoms with Crippen LogP contribution in [0.15, 0.2) is 0 Å². The van der Waals surface area contributed by atoms with Crippen molar-refractivity contribution in [3.63, 3.8) is 0 Å². The number of likely N-dealkylation sites (tertiary alicyclic amines) is 1. The molecule has 8 nitrogen and oxygen atoms in total. The summed E-state index contributed by atoms with van der Waals surface area (Å²) in [6.45, 7) is 6.98. The number of carbonyl (C=O) groups is 4. The van der Waals surface area contributed by atoms with Crippen molar-refractivity contribution in [3.05, 3.63) is 0 Å². The summed E-state index contributed by atoms with van der Waals surface area (Å²) in [6.07, 6.45) is 3.51. The number of amides is 4. The molecule has 1 spiro atoms. The molecule has 3 rings (SSSR count). The number of hydrogen-bond donors (Lipinski definition) is 1. The molecular weight excluding hydrogens is 350 g/mol. The smallest absolute Gasteiger partial charge is 0.326 e. The molecule has 2 unspecified atom stereocenters. The summed E-state index contributed by atoms with van der Waals surface area (Å²) >= 11 is 0. The third-order valence-electron chi connectivity index (χ3n) is 5.71. The van der Waals surface area contributed by atoms with Gasteiger partial charge < -0.3 is 15.0 Å². The van der Waals surface area contributed by atoms with Gasteiger partial charge in [-0.1, -0.05) is 20.8 Å². The van der Waals surface area contributed by atoms with E-state index in [1.807, 2.05) is 0 Å². The number of rotatable bonds is 5. The number of nitrogens with one attached hydrogen (secondary N) is 1. The van der Waals surface area contributed by atoms with E-state index in [1.165, 1.54) is 0 Å². The lowest BCUT2D eigenvalue weighted by Gasteiger charge is -2.43. The van der Waals surface area contributed by atoms with E-state index in [4.69, 9.17) is 4.74 Å². The fourth-order valence-electron chi connectivity index (χ4n) is 5.03. The molecule has 1 aliphatic carbocycles. The molecule has 0 aromatic heterocycles. The predicted octanol–water partition coefficient (Wildman–Crippen LogP) is 1.29. The third-order valence-corrected chi connectivity index (χ3v) is 5.71. The Labute approximate surface area is 159 Å². The molecule has 2 aliphatic heterocycles. The Morgan fingerprint density at radius 2 is 2.00 bits per heavy atom. The minimum atomic E-state index is -0.916. The fraction of sp³-hybridized carbons (Fsp3) is 0.789. The first-order valence-corrected chi connectivity index (χ1v) is 9.69. The number of imide groups is 1. The number of carbonyl (C=O) groups excluding carboxylic acids is 4. The second-order valence-corrected chi connectivity index (χ2v) is 8.96. The van der Waals surface area contributed by atoms with Gasteiger partial charge in [0.2, 0.25) is 5.91 Å². The summed E-state index contributed by atoms with van der Waals surface area (Å²) in [5.41, 5.74) is -0.972. The van der Waals surface area contributed by atoms with Crippen molar-refractivity contribution in [2.45, 2.75) is 58.4 Å². The Balaban J connectivity index is 1.55. The van der Waals surface area contributed by atoms with Crippen LogP contribution in [-0.2, 0) is 19.1 Å². The van der Waals surface area contributed by atoms with E-state index in [1.54, 1.807) is 4.90 Å². The van der Waals surface area contributed by atoms with Gasteiger partial charge in [-0.25, -0.2) is 4.79 Å². The van der Waals surface area contributed by atoms with Gasteiger partial charge in [-0.2, -0.15) is 0 Å². The van der Waals surface area contributed by atoms with Gasteiger partial charge in [-0.15, -0.1) is 0 Å². The van der Waals surface area contributed by atoms with Crippen molar-refractivity contribution >= 4 is 23.8 Å². The van der Waals surface area contributed by atoms with E-state index in [9.17, 15) is 19.2 Å². The van der Waals surface area contributed by atoms with Gasteiger partial charge in [0.25, 0.3) is 5.91 Å². The first-order valence-electron chi connectivity index (χ1n) is 9.69. The number of hydrogen-bond acceptors (Lipinski definition) is 5. The lowest BCUT2D eigenvalue weighted by Crippen LogP contribution is -2.54. The van der Waals surface area contributed by atoms with Crippen molar-refractivity contribution in [3.8, 4) is 0 Å². The highest BCUT2D eigenvalue weighted by atomic mass is 16.5. The lowest BCUT2D eigenvalue weighted by molar-refractivity contribution is -0.149. The molecule has 2 atom stereocenters. The van der Waals surface area contributed by atoms with Crippen LogP contribution in [0.25, 0.3) is 0 Å². The molecule has 1 N–H and O–H groups in total. The molecule has 3 aliphatic rings. The second-order valence-electron chi connectivity index (χ2n) is 8.96. The Kier molecular flexibility index (Phi) is 5.18. The lowest BCUT2D eigenvalue weighted by atomic mass is 9.64. The van der Waals surface area contributed by atoms with Crippen LogP contribution in [0.5, 0.6) is 0 Å². The van der Waals surface area contributed by atoms with Crippen molar-refractivity contribution < 1.29 is 23.9 Å². The molecule has 0 radical (unpaired) electrons. The van der Waals surface area contributed by atoms with Crippen molar-refractivity contribution in [1.29, 1.82) is 0 Å². The zero-order valence-electron chi connectivity index (χ0n) is 16.4. The van der Waals surface area contributed by atoms with E-state index >= 15 is 0 Å². The summed E-state index contributed by atoms with van der Waals surface area (Å²) in [7, 11) is 0. The molecule has 2 heterocycles. The van der Waals surface area contributed by atoms with Crippen LogP contribution in [0.3, 0.4) is 0 Å². The van der Waals surface area contributed by atoms with Gasteiger partial charge in [0.15, 0.2) is 0 Å². The minimum Gasteiger partial charge on any atom is -0.462 e. The van der Waals surface area contributed by atoms with Crippen molar-refractivity contribution in [2.24, 2.45) is 11.3 Å². The summed E-state index contributed by atoms with van der Waals surface area (Å²) in [6, 6.07) is -0.531. The standard InChI is InChI=1S/C19H29N3O5/c1-13-9-18(2,3)12-19(10-13)16(25)22(17(26)20-19)11-15(24)27-8-7-21-6-4-5-14(21)23/h13H,4-12H2,1-3H3,(H,20,26). The van der Waals surface area contributed by atoms with Crippen LogP contribution in [0.1, 0.15) is 52.9 Å². The molecular formula is C19H29N3O5. The highest BCUT2D eigenvalue weighted by Crippen LogP contribution is 2.46. The summed E-state index contributed by atoms with van der Waals surface area (Å²) in [5, 5.41) is 2.84. The Morgan fingerprint density at radius 3 is 2.63 bits per heavy atom. The second kappa shape index (κ2) is 7.13. The monoisotopic (exact) mass is 379 g/mol. The molecule has 3 fully saturated rings. The Morgan fingerprint density at radius 1 is 1.26 bits per heavy atom. The fourth-order valence-corrected chi connectivity index (χ4v) is 5.03. The average molecular weight is 379 g/mol. The first-order chi connectivity index (χ1) is 12.6. The zero-order valence-corrected chi connectivity index (χ0v) is 16.4. The highest BCUT2D eigenvalue weighted by molar-refractivity contribution is 6.08. The summed E-state index contributed by atoms with van der Waals surface area (Å²) in [5.74, 6) is -0.594. The van der Waals surface area contributed by atoms with Crippen LogP contribution >= 0.6 is 0 Å². The number of nitrogens with zero attached hydrogens (tertiary/aromatic N) is 2. The molecule has 2 saturated heterocycles. The number of ether oxygens (including phenoxy) is 1. The van der Waals surface area contributed by atoms with Gasteiger partial charge in [-0.05, 0) is 37.0 Å². The van der Waals surface area contributed by atoms with Crippen LogP contribution in [-0.4, -0.2) is 65.4 Å². The van der Waals surface area contributed by atoms with Crippen molar-refractivity contribution in [2.75, 3.05) is 26.2 Å². The maximum absolute atomic E-state index is 13.0. The van der Waals surface area contributed by atoms with Gasteiger partial charge >= 0.3 is 12.0 Å². The van der Waals surface area contributed by atoms with Crippen LogP contribution < -0.4 is 5.32 Å². The minimum absolute atomic E-state index is 0.0562. The zero-order chi connectivity index (χ0) is 19.8. The van der Waals surface area contributed by atoms with E-state index in [-0.39, 0.29) is 23.8 Å². The molecule has 0 bridgehead atoms. The predicted molar refractivity (Wildman–Crippen MR) is 96.5 cm³/mol. The van der Waals surface area contributed by atoms with E-state index in [0.717, 1.165) is 17.7 Å². The van der Waals surface area contributed by atoms with Crippen LogP contribution in [0.2, 0.25) is 0 Å². The highest BCUT2D eigenvalue weighted by Gasteiger charge is 2.56. The Bertz CT molecular complexity index is 662. The maximum atomic E-state index is 13.0. The quantitative estimate of drug-likeness (QED) is 0.574. The van der Waals surface area contributed by atoms with Gasteiger partial charge in [0.05, 0.1) is 6.54 Å². The SMILES string of the molecule is CC1CC(C)(C)CC2(C1)NC(=O)N(CC(=O)OCCN1CCCC1=O)C2=O. The third kappa shape index (κ3) is 4.09. The van der Waals surface area contributed by atoms with Crippen LogP contribution in [0.4, 0.5) is 4.79 Å². The molecule has 8 heteroatoms. The topological polar surface area (TPSA) is 96.0 Å². The van der Waals surface area contributed by atoms with Gasteiger partial charge in [0, 0.05) is 13.0 Å². The first kappa shape index (κ1) is 19.6. The summed E-state index contributed by atoms with van der Waals surface area (Å²) in [4.78, 5) is 51.6. The van der Waals surface area contributed by atoms with Crippen molar-refractivity contribution in [1.82, 2.24) is 15.1 Å². The molecule has 27 heavy (non-hydrogen) atoms.